The molecule has 0 amide bonds. The molecule has 0 saturated carbocycles. The third-order valence-corrected chi connectivity index (χ3v) is 5.11. The summed E-state index contributed by atoms with van der Waals surface area (Å²) < 4.78 is 16.9. The van der Waals surface area contributed by atoms with Crippen LogP contribution in [0.4, 0.5) is 11.8 Å². The number of nitrogens with zero attached hydrogens (tertiary/aromatic N) is 4. The third-order valence-electron chi connectivity index (χ3n) is 5.11. The van der Waals surface area contributed by atoms with E-state index in [-0.39, 0.29) is 6.10 Å². The molecule has 1 aliphatic rings. The Morgan fingerprint density at radius 3 is 2.81 bits per heavy atom. The predicted molar refractivity (Wildman–Crippen MR) is 117 cm³/mol. The van der Waals surface area contributed by atoms with Crippen molar-refractivity contribution < 1.29 is 14.2 Å². The van der Waals surface area contributed by atoms with E-state index in [1.165, 1.54) is 0 Å². The van der Waals surface area contributed by atoms with Crippen LogP contribution in [0.2, 0.25) is 0 Å². The summed E-state index contributed by atoms with van der Waals surface area (Å²) >= 11 is 0. The highest BCUT2D eigenvalue weighted by molar-refractivity contribution is 5.47. The van der Waals surface area contributed by atoms with Gasteiger partial charge in [0.05, 0.1) is 26.0 Å². The number of anilines is 2. The molecule has 0 aliphatic carbocycles. The average Bonchev–Trinajstić information content (AvgIpc) is 2.81. The molecule has 1 N–H and O–H groups in total. The highest BCUT2D eigenvalue weighted by Crippen LogP contribution is 2.27. The summed E-state index contributed by atoms with van der Waals surface area (Å²) in [4.78, 5) is 15.5. The van der Waals surface area contributed by atoms with E-state index in [0.29, 0.717) is 25.0 Å². The first kappa shape index (κ1) is 21.2. The Balaban J connectivity index is 1.45. The van der Waals surface area contributed by atoms with Crippen LogP contribution in [0.15, 0.2) is 54.9 Å². The molecule has 1 aromatic carbocycles. The Bertz CT molecular complexity index is 986. The molecule has 1 aliphatic heterocycles. The largest absolute Gasteiger partial charge is 0.496 e. The minimum absolute atomic E-state index is 0.111. The molecule has 162 valence electrons. The van der Waals surface area contributed by atoms with Crippen LogP contribution in [-0.2, 0) is 22.6 Å². The molecule has 8 nitrogen and oxygen atoms in total. The topological polar surface area (TPSA) is 81.6 Å². The summed E-state index contributed by atoms with van der Waals surface area (Å²) in [5.74, 6) is 2.09. The first-order valence-electron chi connectivity index (χ1n) is 10.2. The second-order valence-electron chi connectivity index (χ2n) is 7.32. The number of nitrogens with one attached hydrogen (secondary N) is 1. The van der Waals surface area contributed by atoms with E-state index in [2.05, 4.69) is 26.3 Å². The average molecular weight is 422 g/mol. The zero-order chi connectivity index (χ0) is 21.5. The van der Waals surface area contributed by atoms with E-state index >= 15 is 0 Å². The molecule has 4 rings (SSSR count). The van der Waals surface area contributed by atoms with Crippen LogP contribution >= 0.6 is 0 Å². The predicted octanol–water partition coefficient (Wildman–Crippen LogP) is 3.34. The summed E-state index contributed by atoms with van der Waals surface area (Å²) in [6, 6.07) is 13.8. The quantitative estimate of drug-likeness (QED) is 0.593. The fraction of sp³-hybridized carbons (Fsp3) is 0.348. The highest BCUT2D eigenvalue weighted by atomic mass is 16.5. The fourth-order valence-electron chi connectivity index (χ4n) is 3.66. The second kappa shape index (κ2) is 10.3. The molecule has 0 radical (unpaired) electrons. The van der Waals surface area contributed by atoms with Gasteiger partial charge in [0, 0.05) is 44.7 Å². The van der Waals surface area contributed by atoms with Gasteiger partial charge in [-0.2, -0.15) is 0 Å². The standard InChI is InChI=1S/C23H27N5O3/c1-29-16-17-7-8-20(30-2)18(13-17)14-28-11-12-31-21(15-28)19-5-3-6-22(26-19)27-23-24-9-4-10-25-23/h3-10,13,21H,11-12,14-16H2,1-2H3,(H,24,25,26,27)/t21-/m0/s1. The van der Waals surface area contributed by atoms with Crippen molar-refractivity contribution in [2.75, 3.05) is 39.2 Å². The number of ether oxygens (including phenoxy) is 3. The van der Waals surface area contributed by atoms with Crippen LogP contribution in [0, 0.1) is 0 Å². The van der Waals surface area contributed by atoms with Crippen LogP contribution in [0.5, 0.6) is 5.75 Å². The smallest absolute Gasteiger partial charge is 0.228 e. The molecule has 1 saturated heterocycles. The van der Waals surface area contributed by atoms with Gasteiger partial charge >= 0.3 is 0 Å². The van der Waals surface area contributed by atoms with E-state index < -0.39 is 0 Å². The van der Waals surface area contributed by atoms with Gasteiger partial charge in [0.2, 0.25) is 5.95 Å². The van der Waals surface area contributed by atoms with E-state index in [9.17, 15) is 0 Å². The molecule has 1 atom stereocenters. The lowest BCUT2D eigenvalue weighted by Gasteiger charge is -2.33. The zero-order valence-electron chi connectivity index (χ0n) is 17.8. The minimum atomic E-state index is -0.111. The van der Waals surface area contributed by atoms with Crippen LogP contribution in [0.25, 0.3) is 0 Å². The number of pyridine rings is 1. The van der Waals surface area contributed by atoms with Crippen LogP contribution in [0.1, 0.15) is 22.9 Å². The minimum Gasteiger partial charge on any atom is -0.496 e. The molecule has 0 unspecified atom stereocenters. The van der Waals surface area contributed by atoms with Crippen molar-refractivity contribution in [3.8, 4) is 5.75 Å². The lowest BCUT2D eigenvalue weighted by atomic mass is 10.1. The summed E-state index contributed by atoms with van der Waals surface area (Å²) in [7, 11) is 3.41. The molecule has 1 fully saturated rings. The Hall–Kier alpha value is -3.07. The highest BCUT2D eigenvalue weighted by Gasteiger charge is 2.24. The Morgan fingerprint density at radius 2 is 2.00 bits per heavy atom. The summed E-state index contributed by atoms with van der Waals surface area (Å²) in [6.45, 7) is 3.60. The van der Waals surface area contributed by atoms with Crippen molar-refractivity contribution in [2.24, 2.45) is 0 Å². The van der Waals surface area contributed by atoms with Gasteiger partial charge in [0.1, 0.15) is 17.7 Å². The van der Waals surface area contributed by atoms with E-state index in [1.807, 2.05) is 30.3 Å². The van der Waals surface area contributed by atoms with Gasteiger partial charge in [-0.05, 0) is 35.9 Å². The lowest BCUT2D eigenvalue weighted by Crippen LogP contribution is -2.38. The normalized spacial score (nSPS) is 16.8. The van der Waals surface area contributed by atoms with Crippen molar-refractivity contribution in [2.45, 2.75) is 19.3 Å². The number of methoxy groups -OCH3 is 2. The van der Waals surface area contributed by atoms with Gasteiger partial charge in [0.15, 0.2) is 0 Å². The number of hydrogen-bond donors (Lipinski definition) is 1. The van der Waals surface area contributed by atoms with Crippen molar-refractivity contribution in [3.05, 3.63) is 71.7 Å². The molecule has 3 aromatic rings. The van der Waals surface area contributed by atoms with E-state index in [1.54, 1.807) is 32.7 Å². The molecule has 31 heavy (non-hydrogen) atoms. The maximum Gasteiger partial charge on any atom is 0.228 e. The van der Waals surface area contributed by atoms with Crippen molar-refractivity contribution in [1.82, 2.24) is 19.9 Å². The Kier molecular flexibility index (Phi) is 7.03. The number of rotatable bonds is 8. The van der Waals surface area contributed by atoms with Gasteiger partial charge < -0.3 is 19.5 Å². The monoisotopic (exact) mass is 421 g/mol. The van der Waals surface area contributed by atoms with Crippen LogP contribution in [0.3, 0.4) is 0 Å². The molecule has 2 aromatic heterocycles. The van der Waals surface area contributed by atoms with Crippen molar-refractivity contribution >= 4 is 11.8 Å². The molecule has 3 heterocycles. The Morgan fingerprint density at radius 1 is 1.13 bits per heavy atom. The van der Waals surface area contributed by atoms with Crippen molar-refractivity contribution in [3.63, 3.8) is 0 Å². The number of hydrogen-bond acceptors (Lipinski definition) is 8. The number of aromatic nitrogens is 3. The molecular formula is C23H27N5O3. The van der Waals surface area contributed by atoms with Gasteiger partial charge in [0.25, 0.3) is 0 Å². The molecule has 8 heteroatoms. The number of morpholine rings is 1. The maximum atomic E-state index is 6.04. The molecule has 0 spiro atoms. The molecule has 0 bridgehead atoms. The Labute approximate surface area is 182 Å². The van der Waals surface area contributed by atoms with E-state index in [4.69, 9.17) is 19.2 Å². The SMILES string of the molecule is COCc1ccc(OC)c(CN2CCO[C@H](c3cccc(Nc4ncccn4)n3)C2)c1. The lowest BCUT2D eigenvalue weighted by molar-refractivity contribution is -0.0351. The van der Waals surface area contributed by atoms with Gasteiger partial charge in [-0.1, -0.05) is 12.1 Å². The maximum absolute atomic E-state index is 6.04. The summed E-state index contributed by atoms with van der Waals surface area (Å²) in [5, 5.41) is 3.14. The summed E-state index contributed by atoms with van der Waals surface area (Å²) in [5.41, 5.74) is 3.15. The first-order chi connectivity index (χ1) is 15.2. The number of benzene rings is 1. The van der Waals surface area contributed by atoms with Gasteiger partial charge in [-0.15, -0.1) is 0 Å². The van der Waals surface area contributed by atoms with Crippen molar-refractivity contribution in [1.29, 1.82) is 0 Å². The summed E-state index contributed by atoms with van der Waals surface area (Å²) in [6.07, 6.45) is 3.27. The van der Waals surface area contributed by atoms with Gasteiger partial charge in [-0.3, -0.25) is 4.90 Å². The molecular weight excluding hydrogens is 394 g/mol. The fourth-order valence-corrected chi connectivity index (χ4v) is 3.66. The first-order valence-corrected chi connectivity index (χ1v) is 10.2. The second-order valence-corrected chi connectivity index (χ2v) is 7.32. The van der Waals surface area contributed by atoms with Gasteiger partial charge in [-0.25, -0.2) is 15.0 Å². The third kappa shape index (κ3) is 5.55. The zero-order valence-corrected chi connectivity index (χ0v) is 17.8. The van der Waals surface area contributed by atoms with Crippen LogP contribution < -0.4 is 10.1 Å². The van der Waals surface area contributed by atoms with E-state index in [0.717, 1.165) is 42.2 Å². The van der Waals surface area contributed by atoms with Crippen LogP contribution in [-0.4, -0.2) is 53.8 Å².